The molecule has 19 heavy (non-hydrogen) atoms. The zero-order chi connectivity index (χ0) is 14.6. The highest BCUT2D eigenvalue weighted by Gasteiger charge is 2.33. The first-order valence-corrected chi connectivity index (χ1v) is 6.13. The van der Waals surface area contributed by atoms with E-state index in [0.717, 1.165) is 6.07 Å². The number of hydrogen-bond donors (Lipinski definition) is 3. The molecular weight excluding hydrogens is 327 g/mol. The van der Waals surface area contributed by atoms with Crippen LogP contribution in [0.25, 0.3) is 0 Å². The molecule has 0 saturated heterocycles. The van der Waals surface area contributed by atoms with Crippen molar-refractivity contribution in [2.45, 2.75) is 13.1 Å². The lowest BCUT2D eigenvalue weighted by atomic mass is 10.1. The lowest BCUT2D eigenvalue weighted by molar-refractivity contribution is -0.138. The molecule has 1 rings (SSSR count). The second kappa shape index (κ2) is 6.14. The maximum absolute atomic E-state index is 12.7. The van der Waals surface area contributed by atoms with Crippen LogP contribution in [-0.2, 0) is 6.18 Å². The third kappa shape index (κ3) is 4.30. The Morgan fingerprint density at radius 2 is 2.16 bits per heavy atom. The number of rotatable bonds is 4. The maximum atomic E-state index is 12.7. The molecule has 0 aromatic heterocycles. The van der Waals surface area contributed by atoms with Crippen molar-refractivity contribution in [1.29, 1.82) is 0 Å². The van der Waals surface area contributed by atoms with E-state index in [-0.39, 0.29) is 22.8 Å². The number of nitrogens with zero attached hydrogens (tertiary/aromatic N) is 1. The molecule has 1 atom stereocenters. The first kappa shape index (κ1) is 15.6. The molecule has 0 aliphatic carbocycles. The Kier molecular flexibility index (Phi) is 5.04. The van der Waals surface area contributed by atoms with E-state index in [1.807, 2.05) is 0 Å². The summed E-state index contributed by atoms with van der Waals surface area (Å²) >= 11 is 2.86. The molecule has 106 valence electrons. The van der Waals surface area contributed by atoms with Crippen LogP contribution in [0.2, 0.25) is 0 Å². The van der Waals surface area contributed by atoms with E-state index in [0.29, 0.717) is 5.69 Å². The summed E-state index contributed by atoms with van der Waals surface area (Å²) in [4.78, 5) is 0. The Morgan fingerprint density at radius 3 is 2.68 bits per heavy atom. The van der Waals surface area contributed by atoms with Crippen molar-refractivity contribution in [1.82, 2.24) is 0 Å². The molecule has 0 aliphatic rings. The Hall–Kier alpha value is -1.44. The summed E-state index contributed by atoms with van der Waals surface area (Å²) in [5.41, 5.74) is 4.93. The Labute approximate surface area is 116 Å². The van der Waals surface area contributed by atoms with Crippen LogP contribution < -0.4 is 11.1 Å². The van der Waals surface area contributed by atoms with Gasteiger partial charge in [0.1, 0.15) is 5.84 Å². The number of halogens is 4. The number of amidine groups is 1. The topological polar surface area (TPSA) is 70.6 Å². The van der Waals surface area contributed by atoms with E-state index >= 15 is 0 Å². The summed E-state index contributed by atoms with van der Waals surface area (Å²) in [7, 11) is 0. The lowest BCUT2D eigenvalue weighted by Gasteiger charge is -2.15. The van der Waals surface area contributed by atoms with Gasteiger partial charge in [-0.25, -0.2) is 0 Å². The Balaban J connectivity index is 2.81. The predicted octanol–water partition coefficient (Wildman–Crippen LogP) is 3.26. The number of nitrogens with one attached hydrogen (secondary N) is 1. The zero-order valence-corrected chi connectivity index (χ0v) is 11.6. The van der Waals surface area contributed by atoms with Gasteiger partial charge < -0.3 is 16.3 Å². The third-order valence-electron chi connectivity index (χ3n) is 2.50. The van der Waals surface area contributed by atoms with Crippen molar-refractivity contribution in [3.8, 4) is 0 Å². The molecule has 0 amide bonds. The fraction of sp³-hybridized carbons (Fsp3) is 0.364. The average molecular weight is 340 g/mol. The van der Waals surface area contributed by atoms with Crippen LogP contribution in [0.1, 0.15) is 12.5 Å². The molecule has 4 nitrogen and oxygen atoms in total. The van der Waals surface area contributed by atoms with E-state index in [1.165, 1.54) is 12.1 Å². The average Bonchev–Trinajstić information content (AvgIpc) is 2.35. The van der Waals surface area contributed by atoms with Crippen LogP contribution in [0, 0.1) is 5.92 Å². The Morgan fingerprint density at radius 1 is 1.53 bits per heavy atom. The monoisotopic (exact) mass is 339 g/mol. The first-order valence-electron chi connectivity index (χ1n) is 5.33. The molecule has 8 heteroatoms. The molecule has 0 aliphatic heterocycles. The number of alkyl halides is 3. The number of benzene rings is 1. The zero-order valence-electron chi connectivity index (χ0n) is 10.0. The summed E-state index contributed by atoms with van der Waals surface area (Å²) < 4.78 is 38.0. The minimum Gasteiger partial charge on any atom is -0.409 e. The highest BCUT2D eigenvalue weighted by atomic mass is 79.9. The number of anilines is 1. The standard InChI is InChI=1S/C11H13BrF3N3O/c1-6(10(16)18-19)5-17-7-2-3-9(12)8(4-7)11(13,14)15/h2-4,6,17,19H,5H2,1H3,(H2,16,18). The highest BCUT2D eigenvalue weighted by Crippen LogP contribution is 2.36. The van der Waals surface area contributed by atoms with Crippen LogP contribution in [0.4, 0.5) is 18.9 Å². The van der Waals surface area contributed by atoms with Gasteiger partial charge in [0.2, 0.25) is 0 Å². The van der Waals surface area contributed by atoms with Crippen LogP contribution in [-0.4, -0.2) is 17.6 Å². The van der Waals surface area contributed by atoms with Crippen molar-refractivity contribution in [2.24, 2.45) is 16.8 Å². The minimum absolute atomic E-state index is 0.0145. The molecule has 0 heterocycles. The smallest absolute Gasteiger partial charge is 0.409 e. The van der Waals surface area contributed by atoms with Crippen LogP contribution >= 0.6 is 15.9 Å². The fourth-order valence-corrected chi connectivity index (χ4v) is 1.80. The van der Waals surface area contributed by atoms with Crippen molar-refractivity contribution in [3.63, 3.8) is 0 Å². The molecule has 0 spiro atoms. The van der Waals surface area contributed by atoms with E-state index in [4.69, 9.17) is 10.9 Å². The second-order valence-corrected chi connectivity index (χ2v) is 4.85. The van der Waals surface area contributed by atoms with Gasteiger partial charge in [-0.05, 0) is 18.2 Å². The third-order valence-corrected chi connectivity index (χ3v) is 3.20. The molecule has 0 bridgehead atoms. The molecule has 1 aromatic carbocycles. The molecule has 1 aromatic rings. The summed E-state index contributed by atoms with van der Waals surface area (Å²) in [6.45, 7) is 1.94. The first-order chi connectivity index (χ1) is 8.75. The van der Waals surface area contributed by atoms with E-state index in [9.17, 15) is 13.2 Å². The summed E-state index contributed by atoms with van der Waals surface area (Å²) in [5.74, 6) is -0.288. The van der Waals surface area contributed by atoms with Crippen LogP contribution in [0.3, 0.4) is 0 Å². The van der Waals surface area contributed by atoms with Gasteiger partial charge in [0.15, 0.2) is 0 Å². The molecule has 0 radical (unpaired) electrons. The normalized spacial score (nSPS) is 14.3. The van der Waals surface area contributed by atoms with Crippen molar-refractivity contribution in [2.75, 3.05) is 11.9 Å². The number of nitrogens with two attached hydrogens (primary N) is 1. The highest BCUT2D eigenvalue weighted by molar-refractivity contribution is 9.10. The van der Waals surface area contributed by atoms with E-state index in [2.05, 4.69) is 26.4 Å². The quantitative estimate of drug-likeness (QED) is 0.341. The molecule has 0 saturated carbocycles. The largest absolute Gasteiger partial charge is 0.417 e. The fourth-order valence-electron chi connectivity index (χ4n) is 1.33. The van der Waals surface area contributed by atoms with Crippen LogP contribution in [0.5, 0.6) is 0 Å². The predicted molar refractivity (Wildman–Crippen MR) is 70.2 cm³/mol. The lowest BCUT2D eigenvalue weighted by Crippen LogP contribution is -2.27. The summed E-state index contributed by atoms with van der Waals surface area (Å²) in [6.07, 6.45) is -4.42. The Bertz CT molecular complexity index is 477. The molecular formula is C11H13BrF3N3O. The summed E-state index contributed by atoms with van der Waals surface area (Å²) in [5, 5.41) is 14.1. The van der Waals surface area contributed by atoms with Gasteiger partial charge in [-0.3, -0.25) is 0 Å². The van der Waals surface area contributed by atoms with Gasteiger partial charge in [0.25, 0.3) is 0 Å². The second-order valence-electron chi connectivity index (χ2n) is 4.00. The number of hydrogen-bond acceptors (Lipinski definition) is 3. The van der Waals surface area contributed by atoms with Gasteiger partial charge in [-0.15, -0.1) is 0 Å². The van der Waals surface area contributed by atoms with Gasteiger partial charge in [-0.2, -0.15) is 13.2 Å². The molecule has 4 N–H and O–H groups in total. The maximum Gasteiger partial charge on any atom is 0.417 e. The van der Waals surface area contributed by atoms with Crippen LogP contribution in [0.15, 0.2) is 27.8 Å². The van der Waals surface area contributed by atoms with E-state index < -0.39 is 11.7 Å². The molecule has 1 unspecified atom stereocenters. The van der Waals surface area contributed by atoms with Crippen molar-refractivity contribution >= 4 is 27.5 Å². The van der Waals surface area contributed by atoms with Crippen molar-refractivity contribution < 1.29 is 18.4 Å². The van der Waals surface area contributed by atoms with Gasteiger partial charge in [-0.1, -0.05) is 28.0 Å². The van der Waals surface area contributed by atoms with Crippen molar-refractivity contribution in [3.05, 3.63) is 28.2 Å². The summed E-state index contributed by atoms with van der Waals surface area (Å²) in [6, 6.07) is 3.83. The van der Waals surface area contributed by atoms with E-state index in [1.54, 1.807) is 6.92 Å². The number of oxime groups is 1. The molecule has 0 fully saturated rings. The van der Waals surface area contributed by atoms with Gasteiger partial charge in [0.05, 0.1) is 5.56 Å². The van der Waals surface area contributed by atoms with Gasteiger partial charge in [0, 0.05) is 22.6 Å². The minimum atomic E-state index is -4.42. The SMILES string of the molecule is CC(CNc1ccc(Br)c(C(F)(F)F)c1)C(N)=NO. The van der Waals surface area contributed by atoms with Gasteiger partial charge >= 0.3 is 6.18 Å².